The van der Waals surface area contributed by atoms with Gasteiger partial charge in [-0.1, -0.05) is 38.7 Å². The van der Waals surface area contributed by atoms with Crippen LogP contribution in [-0.2, 0) is 0 Å². The molecule has 1 aromatic carbocycles. The lowest BCUT2D eigenvalue weighted by atomic mass is 10.0. The first-order chi connectivity index (χ1) is 8.15. The molecule has 3 heteroatoms. The van der Waals surface area contributed by atoms with Crippen LogP contribution >= 0.6 is 15.9 Å². The van der Waals surface area contributed by atoms with Crippen molar-refractivity contribution in [2.45, 2.75) is 45.4 Å². The molecule has 0 aliphatic heterocycles. The van der Waals surface area contributed by atoms with Gasteiger partial charge >= 0.3 is 0 Å². The van der Waals surface area contributed by atoms with E-state index < -0.39 is 0 Å². The molecule has 0 bridgehead atoms. The fraction of sp³-hybridized carbons (Fsp3) is 0.500. The summed E-state index contributed by atoms with van der Waals surface area (Å²) in [7, 11) is 0. The Bertz CT molecular complexity index is 376. The summed E-state index contributed by atoms with van der Waals surface area (Å²) < 4.78 is 13.6. The summed E-state index contributed by atoms with van der Waals surface area (Å²) in [6, 6.07) is 4.56. The third kappa shape index (κ3) is 4.99. The highest BCUT2D eigenvalue weighted by Crippen LogP contribution is 2.18. The molecule has 0 N–H and O–H groups in total. The molecule has 94 valence electrons. The second-order valence-electron chi connectivity index (χ2n) is 4.22. The normalized spacial score (nSPS) is 10.5. The van der Waals surface area contributed by atoms with Crippen molar-refractivity contribution in [3.63, 3.8) is 0 Å². The zero-order valence-corrected chi connectivity index (χ0v) is 11.7. The van der Waals surface area contributed by atoms with E-state index in [1.165, 1.54) is 25.3 Å². The molecular formula is C14H18BrFO. The van der Waals surface area contributed by atoms with Crippen LogP contribution in [0.3, 0.4) is 0 Å². The molecule has 1 rings (SSSR count). The molecule has 0 amide bonds. The summed E-state index contributed by atoms with van der Waals surface area (Å²) >= 11 is 3.07. The second-order valence-corrected chi connectivity index (χ2v) is 5.07. The lowest BCUT2D eigenvalue weighted by Gasteiger charge is -2.02. The Labute approximate surface area is 111 Å². The van der Waals surface area contributed by atoms with Crippen LogP contribution in [0.1, 0.15) is 55.8 Å². The summed E-state index contributed by atoms with van der Waals surface area (Å²) in [6.07, 6.45) is 6.10. The Morgan fingerprint density at radius 1 is 1.24 bits per heavy atom. The third-order valence-corrected chi connectivity index (χ3v) is 3.39. The van der Waals surface area contributed by atoms with E-state index in [-0.39, 0.29) is 11.6 Å². The predicted molar refractivity (Wildman–Crippen MR) is 71.8 cm³/mol. The molecule has 0 radical (unpaired) electrons. The summed E-state index contributed by atoms with van der Waals surface area (Å²) in [5, 5.41) is 0. The highest BCUT2D eigenvalue weighted by molar-refractivity contribution is 9.10. The van der Waals surface area contributed by atoms with Crippen molar-refractivity contribution < 1.29 is 9.18 Å². The minimum absolute atomic E-state index is 0.0351. The number of carbonyl (C=O) groups is 1. The van der Waals surface area contributed by atoms with Gasteiger partial charge in [-0.3, -0.25) is 4.79 Å². The number of Topliss-reactive ketones (excluding diaryl/α,β-unsaturated/α-hetero) is 1. The number of unbranched alkanes of at least 4 members (excludes halogenated alkanes) is 4. The number of ketones is 1. The van der Waals surface area contributed by atoms with Gasteiger partial charge in [0.15, 0.2) is 5.78 Å². The zero-order chi connectivity index (χ0) is 12.7. The van der Waals surface area contributed by atoms with E-state index in [2.05, 4.69) is 22.9 Å². The van der Waals surface area contributed by atoms with Gasteiger partial charge in [-0.25, -0.2) is 4.39 Å². The van der Waals surface area contributed by atoms with Crippen LogP contribution in [0, 0.1) is 5.82 Å². The van der Waals surface area contributed by atoms with Gasteiger partial charge in [0, 0.05) is 12.0 Å². The van der Waals surface area contributed by atoms with Crippen LogP contribution in [0.2, 0.25) is 0 Å². The van der Waals surface area contributed by atoms with E-state index >= 15 is 0 Å². The summed E-state index contributed by atoms with van der Waals surface area (Å²) in [4.78, 5) is 11.8. The van der Waals surface area contributed by atoms with Gasteiger partial charge in [-0.2, -0.15) is 0 Å². The Morgan fingerprint density at radius 3 is 2.59 bits per heavy atom. The van der Waals surface area contributed by atoms with E-state index in [0.717, 1.165) is 12.8 Å². The molecular weight excluding hydrogens is 283 g/mol. The smallest absolute Gasteiger partial charge is 0.162 e. The molecule has 0 aliphatic rings. The summed E-state index contributed by atoms with van der Waals surface area (Å²) in [5.41, 5.74) is 0.473. The second kappa shape index (κ2) is 7.59. The predicted octanol–water partition coefficient (Wildman–Crippen LogP) is 5.13. The molecule has 0 saturated carbocycles. The topological polar surface area (TPSA) is 17.1 Å². The lowest BCUT2D eigenvalue weighted by molar-refractivity contribution is 0.0978. The van der Waals surface area contributed by atoms with E-state index in [1.54, 1.807) is 12.1 Å². The average Bonchev–Trinajstić information content (AvgIpc) is 2.32. The van der Waals surface area contributed by atoms with E-state index in [1.807, 2.05) is 0 Å². The molecule has 0 unspecified atom stereocenters. The van der Waals surface area contributed by atoms with Crippen molar-refractivity contribution in [2.75, 3.05) is 0 Å². The fourth-order valence-corrected chi connectivity index (χ4v) is 1.95. The van der Waals surface area contributed by atoms with Gasteiger partial charge in [0.25, 0.3) is 0 Å². The van der Waals surface area contributed by atoms with Crippen LogP contribution in [0.5, 0.6) is 0 Å². The Kier molecular flexibility index (Phi) is 6.41. The molecule has 0 spiro atoms. The molecule has 1 nitrogen and oxygen atoms in total. The van der Waals surface area contributed by atoms with Crippen molar-refractivity contribution >= 4 is 21.7 Å². The Balaban J connectivity index is 2.39. The molecule has 0 fully saturated rings. The first kappa shape index (κ1) is 14.4. The van der Waals surface area contributed by atoms with E-state index in [0.29, 0.717) is 16.5 Å². The van der Waals surface area contributed by atoms with Crippen molar-refractivity contribution in [3.05, 3.63) is 34.1 Å². The van der Waals surface area contributed by atoms with Crippen LogP contribution in [-0.4, -0.2) is 5.78 Å². The maximum Gasteiger partial charge on any atom is 0.162 e. The molecule has 0 aliphatic carbocycles. The monoisotopic (exact) mass is 300 g/mol. The highest BCUT2D eigenvalue weighted by Gasteiger charge is 2.08. The van der Waals surface area contributed by atoms with Gasteiger partial charge in [0.2, 0.25) is 0 Å². The first-order valence-electron chi connectivity index (χ1n) is 6.13. The SMILES string of the molecule is CCCCCCCC(=O)c1ccc(Br)c(F)c1. The van der Waals surface area contributed by atoms with Crippen molar-refractivity contribution in [1.82, 2.24) is 0 Å². The Hall–Kier alpha value is -0.700. The maximum absolute atomic E-state index is 13.2. The van der Waals surface area contributed by atoms with Gasteiger partial charge in [0.1, 0.15) is 5.82 Å². The number of hydrogen-bond donors (Lipinski definition) is 0. The molecule has 0 saturated heterocycles. The van der Waals surface area contributed by atoms with Gasteiger partial charge in [0.05, 0.1) is 4.47 Å². The van der Waals surface area contributed by atoms with Crippen molar-refractivity contribution in [1.29, 1.82) is 0 Å². The number of halogens is 2. The van der Waals surface area contributed by atoms with E-state index in [4.69, 9.17) is 0 Å². The standard InChI is InChI=1S/C14H18BrFO/c1-2-3-4-5-6-7-14(17)11-8-9-12(15)13(16)10-11/h8-10H,2-7H2,1H3. The summed E-state index contributed by atoms with van der Waals surface area (Å²) in [6.45, 7) is 2.16. The van der Waals surface area contributed by atoms with Crippen LogP contribution < -0.4 is 0 Å². The third-order valence-electron chi connectivity index (χ3n) is 2.75. The highest BCUT2D eigenvalue weighted by atomic mass is 79.9. The summed E-state index contributed by atoms with van der Waals surface area (Å²) in [5.74, 6) is -0.338. The minimum Gasteiger partial charge on any atom is -0.294 e. The van der Waals surface area contributed by atoms with Crippen LogP contribution in [0.25, 0.3) is 0 Å². The number of hydrogen-bond acceptors (Lipinski definition) is 1. The molecule has 1 aromatic rings. The quantitative estimate of drug-likeness (QED) is 0.504. The fourth-order valence-electron chi connectivity index (χ4n) is 1.70. The maximum atomic E-state index is 13.2. The first-order valence-corrected chi connectivity index (χ1v) is 6.92. The molecule has 0 atom stereocenters. The van der Waals surface area contributed by atoms with Gasteiger partial charge < -0.3 is 0 Å². The average molecular weight is 301 g/mol. The molecule has 0 aromatic heterocycles. The zero-order valence-electron chi connectivity index (χ0n) is 10.1. The van der Waals surface area contributed by atoms with Gasteiger partial charge in [-0.05, 0) is 34.5 Å². The minimum atomic E-state index is -0.373. The van der Waals surface area contributed by atoms with Gasteiger partial charge in [-0.15, -0.1) is 0 Å². The van der Waals surface area contributed by atoms with Crippen LogP contribution in [0.4, 0.5) is 4.39 Å². The number of carbonyl (C=O) groups excluding carboxylic acids is 1. The van der Waals surface area contributed by atoms with Crippen LogP contribution in [0.15, 0.2) is 22.7 Å². The number of rotatable bonds is 7. The molecule has 0 heterocycles. The Morgan fingerprint density at radius 2 is 1.94 bits per heavy atom. The largest absolute Gasteiger partial charge is 0.294 e. The lowest BCUT2D eigenvalue weighted by Crippen LogP contribution is -1.99. The van der Waals surface area contributed by atoms with E-state index in [9.17, 15) is 9.18 Å². The van der Waals surface area contributed by atoms with Crippen molar-refractivity contribution in [2.24, 2.45) is 0 Å². The number of benzene rings is 1. The molecule has 17 heavy (non-hydrogen) atoms. The van der Waals surface area contributed by atoms with Crippen molar-refractivity contribution in [3.8, 4) is 0 Å².